The highest BCUT2D eigenvalue weighted by molar-refractivity contribution is 7.08. The summed E-state index contributed by atoms with van der Waals surface area (Å²) >= 11 is 1.67. The van der Waals surface area contributed by atoms with Crippen LogP contribution in [0.25, 0.3) is 11.1 Å². The van der Waals surface area contributed by atoms with E-state index in [9.17, 15) is 5.11 Å². The van der Waals surface area contributed by atoms with Gasteiger partial charge in [0.2, 0.25) is 0 Å². The zero-order valence-electron chi connectivity index (χ0n) is 10.7. The predicted molar refractivity (Wildman–Crippen MR) is 74.9 cm³/mol. The molecule has 17 heavy (non-hydrogen) atoms. The number of aromatic hydroxyl groups is 1. The van der Waals surface area contributed by atoms with Crippen molar-refractivity contribution in [3.05, 3.63) is 40.1 Å². The van der Waals surface area contributed by atoms with Gasteiger partial charge in [-0.3, -0.25) is 0 Å². The van der Waals surface area contributed by atoms with E-state index in [1.54, 1.807) is 11.3 Å². The van der Waals surface area contributed by atoms with Gasteiger partial charge in [-0.2, -0.15) is 11.3 Å². The molecule has 0 aliphatic carbocycles. The molecule has 1 N–H and O–H groups in total. The van der Waals surface area contributed by atoms with Crippen LogP contribution in [-0.2, 0) is 5.41 Å². The molecule has 1 aromatic heterocycles. The third kappa shape index (κ3) is 2.22. The van der Waals surface area contributed by atoms with Gasteiger partial charge >= 0.3 is 0 Å². The number of para-hydroxylation sites is 1. The standard InChI is InChI=1S/C15H18OS/c1-10-8-17-9-12(10)11-6-5-7-13(14(11)16)15(2,3)4/h5-9,16H,1-4H3. The Morgan fingerprint density at radius 2 is 1.76 bits per heavy atom. The van der Waals surface area contributed by atoms with Gasteiger partial charge in [-0.25, -0.2) is 0 Å². The number of phenols is 1. The van der Waals surface area contributed by atoms with Crippen molar-refractivity contribution in [2.24, 2.45) is 0 Å². The van der Waals surface area contributed by atoms with Crippen LogP contribution in [0.15, 0.2) is 29.0 Å². The van der Waals surface area contributed by atoms with Crippen molar-refractivity contribution in [1.29, 1.82) is 0 Å². The fraction of sp³-hybridized carbons (Fsp3) is 0.333. The quantitative estimate of drug-likeness (QED) is 0.771. The summed E-state index contributed by atoms with van der Waals surface area (Å²) < 4.78 is 0. The fourth-order valence-corrected chi connectivity index (χ4v) is 2.85. The van der Waals surface area contributed by atoms with Gasteiger partial charge in [-0.1, -0.05) is 39.0 Å². The first kappa shape index (κ1) is 12.2. The van der Waals surface area contributed by atoms with Gasteiger partial charge in [0.1, 0.15) is 5.75 Å². The van der Waals surface area contributed by atoms with E-state index in [0.29, 0.717) is 5.75 Å². The summed E-state index contributed by atoms with van der Waals surface area (Å²) in [4.78, 5) is 0. The summed E-state index contributed by atoms with van der Waals surface area (Å²) in [7, 11) is 0. The minimum atomic E-state index is -0.0377. The van der Waals surface area contributed by atoms with Gasteiger partial charge in [-0.15, -0.1) is 0 Å². The number of hydrogen-bond acceptors (Lipinski definition) is 2. The summed E-state index contributed by atoms with van der Waals surface area (Å²) in [5.41, 5.74) is 4.26. The highest BCUT2D eigenvalue weighted by Crippen LogP contribution is 2.40. The Bertz CT molecular complexity index is 532. The van der Waals surface area contributed by atoms with Crippen molar-refractivity contribution >= 4 is 11.3 Å². The molecule has 0 spiro atoms. The van der Waals surface area contributed by atoms with Gasteiger partial charge in [0.05, 0.1) is 0 Å². The van der Waals surface area contributed by atoms with Crippen molar-refractivity contribution in [1.82, 2.24) is 0 Å². The van der Waals surface area contributed by atoms with Crippen LogP contribution in [0.3, 0.4) is 0 Å². The van der Waals surface area contributed by atoms with Crippen molar-refractivity contribution in [3.8, 4) is 16.9 Å². The van der Waals surface area contributed by atoms with E-state index in [4.69, 9.17) is 0 Å². The van der Waals surface area contributed by atoms with Crippen molar-refractivity contribution < 1.29 is 5.11 Å². The molecule has 0 saturated carbocycles. The predicted octanol–water partition coefficient (Wildman–Crippen LogP) is 4.73. The molecule has 0 atom stereocenters. The van der Waals surface area contributed by atoms with Gasteiger partial charge in [0, 0.05) is 5.56 Å². The van der Waals surface area contributed by atoms with Gasteiger partial charge < -0.3 is 5.11 Å². The van der Waals surface area contributed by atoms with Gasteiger partial charge in [0.25, 0.3) is 0 Å². The molecule has 2 rings (SSSR count). The van der Waals surface area contributed by atoms with E-state index in [0.717, 1.165) is 16.7 Å². The first-order valence-corrected chi connectivity index (χ1v) is 6.71. The third-order valence-corrected chi connectivity index (χ3v) is 3.85. The molecular formula is C15H18OS. The summed E-state index contributed by atoms with van der Waals surface area (Å²) in [5, 5.41) is 14.6. The van der Waals surface area contributed by atoms with Crippen LogP contribution in [0, 0.1) is 6.92 Å². The molecule has 1 nitrogen and oxygen atoms in total. The van der Waals surface area contributed by atoms with E-state index in [1.807, 2.05) is 18.2 Å². The number of hydrogen-bond donors (Lipinski definition) is 1. The van der Waals surface area contributed by atoms with Crippen LogP contribution >= 0.6 is 11.3 Å². The lowest BCUT2D eigenvalue weighted by atomic mass is 9.84. The molecule has 0 aliphatic rings. The van der Waals surface area contributed by atoms with Crippen LogP contribution in [0.4, 0.5) is 0 Å². The monoisotopic (exact) mass is 246 g/mol. The van der Waals surface area contributed by atoms with Crippen molar-refractivity contribution in [2.75, 3.05) is 0 Å². The smallest absolute Gasteiger partial charge is 0.127 e. The maximum Gasteiger partial charge on any atom is 0.127 e. The largest absolute Gasteiger partial charge is 0.507 e. The average Bonchev–Trinajstić information content (AvgIpc) is 2.63. The number of thiophene rings is 1. The van der Waals surface area contributed by atoms with Gasteiger partial charge in [0.15, 0.2) is 0 Å². The summed E-state index contributed by atoms with van der Waals surface area (Å²) in [6.45, 7) is 8.43. The normalized spacial score (nSPS) is 11.8. The molecule has 0 unspecified atom stereocenters. The maximum absolute atomic E-state index is 10.4. The molecular weight excluding hydrogens is 228 g/mol. The van der Waals surface area contributed by atoms with E-state index >= 15 is 0 Å². The molecule has 0 aliphatic heterocycles. The molecule has 2 aromatic rings. The van der Waals surface area contributed by atoms with Crippen LogP contribution in [0.1, 0.15) is 31.9 Å². The second kappa shape index (κ2) is 4.19. The molecule has 90 valence electrons. The molecule has 0 amide bonds. The molecule has 0 radical (unpaired) electrons. The Kier molecular flexibility index (Phi) is 3.00. The first-order chi connectivity index (χ1) is 7.91. The summed E-state index contributed by atoms with van der Waals surface area (Å²) in [5.74, 6) is 0.418. The highest BCUT2D eigenvalue weighted by atomic mass is 32.1. The number of aryl methyl sites for hydroxylation is 1. The van der Waals surface area contributed by atoms with Crippen LogP contribution in [0.5, 0.6) is 5.75 Å². The molecule has 0 saturated heterocycles. The second-order valence-electron chi connectivity index (χ2n) is 5.42. The highest BCUT2D eigenvalue weighted by Gasteiger charge is 2.20. The lowest BCUT2D eigenvalue weighted by Gasteiger charge is -2.21. The summed E-state index contributed by atoms with van der Waals surface area (Å²) in [6.07, 6.45) is 0. The summed E-state index contributed by atoms with van der Waals surface area (Å²) in [6, 6.07) is 6.01. The Balaban J connectivity index is 2.62. The Hall–Kier alpha value is -1.28. The van der Waals surface area contributed by atoms with Crippen LogP contribution < -0.4 is 0 Å². The van der Waals surface area contributed by atoms with E-state index < -0.39 is 0 Å². The maximum atomic E-state index is 10.4. The Morgan fingerprint density at radius 1 is 1.06 bits per heavy atom. The lowest BCUT2D eigenvalue weighted by molar-refractivity contribution is 0.448. The van der Waals surface area contributed by atoms with Crippen molar-refractivity contribution in [2.45, 2.75) is 33.1 Å². The zero-order valence-corrected chi connectivity index (χ0v) is 11.6. The van der Waals surface area contributed by atoms with E-state index in [2.05, 4.69) is 38.5 Å². The molecule has 2 heteroatoms. The number of benzene rings is 1. The van der Waals surface area contributed by atoms with Gasteiger partial charge in [-0.05, 0) is 39.8 Å². The lowest BCUT2D eigenvalue weighted by Crippen LogP contribution is -2.11. The first-order valence-electron chi connectivity index (χ1n) is 5.77. The third-order valence-electron chi connectivity index (χ3n) is 2.99. The second-order valence-corrected chi connectivity index (χ2v) is 6.16. The molecule has 0 bridgehead atoms. The molecule has 0 fully saturated rings. The zero-order chi connectivity index (χ0) is 12.6. The Morgan fingerprint density at radius 3 is 2.29 bits per heavy atom. The van der Waals surface area contributed by atoms with E-state index in [1.165, 1.54) is 5.56 Å². The fourth-order valence-electron chi connectivity index (χ4n) is 2.00. The van der Waals surface area contributed by atoms with Crippen LogP contribution in [-0.4, -0.2) is 5.11 Å². The number of phenolic OH excluding ortho intramolecular Hbond substituents is 1. The molecule has 1 heterocycles. The van der Waals surface area contributed by atoms with Crippen LogP contribution in [0.2, 0.25) is 0 Å². The number of rotatable bonds is 1. The molecule has 1 aromatic carbocycles. The topological polar surface area (TPSA) is 20.2 Å². The van der Waals surface area contributed by atoms with E-state index in [-0.39, 0.29) is 5.41 Å². The SMILES string of the molecule is Cc1cscc1-c1cccc(C(C)(C)C)c1O. The average molecular weight is 246 g/mol. The minimum Gasteiger partial charge on any atom is -0.507 e. The van der Waals surface area contributed by atoms with Crippen molar-refractivity contribution in [3.63, 3.8) is 0 Å². The Labute approximate surface area is 107 Å². The minimum absolute atomic E-state index is 0.0377.